The van der Waals surface area contributed by atoms with Crippen molar-refractivity contribution in [2.24, 2.45) is 5.41 Å². The largest absolute Gasteiger partial charge is 0.343 e. The van der Waals surface area contributed by atoms with Crippen LogP contribution in [0.3, 0.4) is 0 Å². The van der Waals surface area contributed by atoms with Crippen LogP contribution in [0.4, 0.5) is 5.69 Å². The van der Waals surface area contributed by atoms with Crippen molar-refractivity contribution in [2.75, 3.05) is 5.32 Å². The number of carbonyl (C=O) groups excluding carboxylic acids is 2. The maximum Gasteiger partial charge on any atom is 0.313 e. The lowest BCUT2D eigenvalue weighted by Crippen LogP contribution is -2.49. The Morgan fingerprint density at radius 3 is 2.14 bits per heavy atom. The number of amides is 2. The topological polar surface area (TPSA) is 58.2 Å². The van der Waals surface area contributed by atoms with Gasteiger partial charge in [0.1, 0.15) is 0 Å². The summed E-state index contributed by atoms with van der Waals surface area (Å²) < 4.78 is 0. The summed E-state index contributed by atoms with van der Waals surface area (Å²) in [5.74, 6) is -1.38. The molecule has 0 heterocycles. The van der Waals surface area contributed by atoms with Crippen molar-refractivity contribution in [2.45, 2.75) is 46.6 Å². The van der Waals surface area contributed by atoms with Crippen LogP contribution in [0.5, 0.6) is 0 Å². The van der Waals surface area contributed by atoms with Gasteiger partial charge < -0.3 is 10.6 Å². The molecule has 0 unspecified atom stereocenters. The standard InChI is InChI=1S/C16H23ClN2O2/c1-15(2,3)10-16(4,5)19-14(21)13(20)18-12-9-7-6-8-11(12)17/h6-9H,10H2,1-5H3,(H,18,20)(H,19,21). The van der Waals surface area contributed by atoms with Gasteiger partial charge in [-0.25, -0.2) is 0 Å². The van der Waals surface area contributed by atoms with Crippen LogP contribution in [0.2, 0.25) is 5.02 Å². The van der Waals surface area contributed by atoms with Crippen LogP contribution < -0.4 is 10.6 Å². The van der Waals surface area contributed by atoms with Gasteiger partial charge in [0, 0.05) is 5.54 Å². The molecule has 0 saturated carbocycles. The zero-order valence-corrected chi connectivity index (χ0v) is 14.0. The normalized spacial score (nSPS) is 11.9. The van der Waals surface area contributed by atoms with Crippen molar-refractivity contribution in [3.05, 3.63) is 29.3 Å². The van der Waals surface area contributed by atoms with Crippen molar-refractivity contribution >= 4 is 29.1 Å². The quantitative estimate of drug-likeness (QED) is 0.838. The van der Waals surface area contributed by atoms with E-state index in [9.17, 15) is 9.59 Å². The zero-order chi connectivity index (χ0) is 16.3. The number of rotatable bonds is 3. The molecule has 116 valence electrons. The average Bonchev–Trinajstić information content (AvgIpc) is 2.28. The molecule has 0 bridgehead atoms. The third-order valence-corrected chi connectivity index (χ3v) is 3.08. The summed E-state index contributed by atoms with van der Waals surface area (Å²) in [6.45, 7) is 10.1. The summed E-state index contributed by atoms with van der Waals surface area (Å²) in [4.78, 5) is 23.9. The summed E-state index contributed by atoms with van der Waals surface area (Å²) in [5.41, 5.74) is 0.0105. The fourth-order valence-corrected chi connectivity index (χ4v) is 2.66. The van der Waals surface area contributed by atoms with Gasteiger partial charge >= 0.3 is 11.8 Å². The van der Waals surface area contributed by atoms with Crippen LogP contribution in [0.25, 0.3) is 0 Å². The van der Waals surface area contributed by atoms with E-state index in [4.69, 9.17) is 11.6 Å². The third-order valence-electron chi connectivity index (χ3n) is 2.75. The molecule has 4 nitrogen and oxygen atoms in total. The maximum absolute atomic E-state index is 12.0. The van der Waals surface area contributed by atoms with Crippen LogP contribution in [-0.4, -0.2) is 17.4 Å². The van der Waals surface area contributed by atoms with E-state index in [1.54, 1.807) is 24.3 Å². The van der Waals surface area contributed by atoms with Gasteiger partial charge in [0.05, 0.1) is 10.7 Å². The number of hydrogen-bond donors (Lipinski definition) is 2. The SMILES string of the molecule is CC(C)(C)CC(C)(C)NC(=O)C(=O)Nc1ccccc1Cl. The first-order valence-corrected chi connectivity index (χ1v) is 7.26. The van der Waals surface area contributed by atoms with Crippen LogP contribution in [0.1, 0.15) is 41.0 Å². The number of hydrogen-bond acceptors (Lipinski definition) is 2. The Bertz CT molecular complexity index is 533. The third kappa shape index (κ3) is 6.17. The molecule has 0 fully saturated rings. The van der Waals surface area contributed by atoms with Crippen molar-refractivity contribution < 1.29 is 9.59 Å². The molecule has 1 aromatic carbocycles. The number of halogens is 1. The van der Waals surface area contributed by atoms with Gasteiger partial charge in [-0.05, 0) is 37.8 Å². The van der Waals surface area contributed by atoms with E-state index in [1.807, 2.05) is 13.8 Å². The first kappa shape index (κ1) is 17.5. The minimum atomic E-state index is -0.718. The molecule has 2 amide bonds. The number of anilines is 1. The molecule has 0 spiro atoms. The van der Waals surface area contributed by atoms with E-state index in [2.05, 4.69) is 31.4 Å². The predicted molar refractivity (Wildman–Crippen MR) is 86.4 cm³/mol. The van der Waals surface area contributed by atoms with E-state index in [1.165, 1.54) is 0 Å². The highest BCUT2D eigenvalue weighted by atomic mass is 35.5. The van der Waals surface area contributed by atoms with Crippen molar-refractivity contribution in [1.82, 2.24) is 5.32 Å². The second kappa shape index (κ2) is 6.48. The van der Waals surface area contributed by atoms with Crippen LogP contribution in [0.15, 0.2) is 24.3 Å². The van der Waals surface area contributed by atoms with Gasteiger partial charge in [0.2, 0.25) is 0 Å². The number of para-hydroxylation sites is 1. The van der Waals surface area contributed by atoms with E-state index in [0.29, 0.717) is 10.7 Å². The van der Waals surface area contributed by atoms with Gasteiger partial charge in [0.15, 0.2) is 0 Å². The molecular weight excluding hydrogens is 288 g/mol. The van der Waals surface area contributed by atoms with E-state index in [0.717, 1.165) is 6.42 Å². The molecule has 21 heavy (non-hydrogen) atoms. The molecule has 0 saturated heterocycles. The van der Waals surface area contributed by atoms with E-state index in [-0.39, 0.29) is 5.41 Å². The summed E-state index contributed by atoms with van der Waals surface area (Å²) in [5, 5.41) is 5.67. The van der Waals surface area contributed by atoms with E-state index < -0.39 is 17.4 Å². The van der Waals surface area contributed by atoms with Gasteiger partial charge in [-0.3, -0.25) is 9.59 Å². The summed E-state index contributed by atoms with van der Waals surface area (Å²) in [7, 11) is 0. The fraction of sp³-hybridized carbons (Fsp3) is 0.500. The monoisotopic (exact) mass is 310 g/mol. The highest BCUT2D eigenvalue weighted by molar-refractivity contribution is 6.41. The summed E-state index contributed by atoms with van der Waals surface area (Å²) in [6, 6.07) is 6.79. The Morgan fingerprint density at radius 2 is 1.62 bits per heavy atom. The highest BCUT2D eigenvalue weighted by Gasteiger charge is 2.29. The van der Waals surface area contributed by atoms with Crippen LogP contribution in [-0.2, 0) is 9.59 Å². The van der Waals surface area contributed by atoms with Gasteiger partial charge in [-0.15, -0.1) is 0 Å². The van der Waals surface area contributed by atoms with Crippen molar-refractivity contribution in [3.63, 3.8) is 0 Å². The van der Waals surface area contributed by atoms with E-state index >= 15 is 0 Å². The van der Waals surface area contributed by atoms with Crippen molar-refractivity contribution in [1.29, 1.82) is 0 Å². The molecule has 0 aliphatic carbocycles. The molecule has 0 radical (unpaired) electrons. The molecule has 0 aliphatic heterocycles. The minimum absolute atomic E-state index is 0.0516. The first-order chi connectivity index (χ1) is 9.50. The Hall–Kier alpha value is -1.55. The molecule has 2 N–H and O–H groups in total. The van der Waals surface area contributed by atoms with Crippen molar-refractivity contribution in [3.8, 4) is 0 Å². The summed E-state index contributed by atoms with van der Waals surface area (Å²) in [6.07, 6.45) is 0.755. The Morgan fingerprint density at radius 1 is 1.05 bits per heavy atom. The second-order valence-corrected chi connectivity index (χ2v) is 7.42. The number of carbonyl (C=O) groups is 2. The molecule has 0 aromatic heterocycles. The highest BCUT2D eigenvalue weighted by Crippen LogP contribution is 2.26. The number of benzene rings is 1. The Labute approximate surface area is 131 Å². The number of nitrogens with one attached hydrogen (secondary N) is 2. The second-order valence-electron chi connectivity index (χ2n) is 7.01. The lowest BCUT2D eigenvalue weighted by atomic mass is 9.82. The van der Waals surface area contributed by atoms with Gasteiger partial charge in [-0.2, -0.15) is 0 Å². The minimum Gasteiger partial charge on any atom is -0.343 e. The van der Waals surface area contributed by atoms with Gasteiger partial charge in [0.25, 0.3) is 0 Å². The first-order valence-electron chi connectivity index (χ1n) is 6.88. The smallest absolute Gasteiger partial charge is 0.313 e. The lowest BCUT2D eigenvalue weighted by molar-refractivity contribution is -0.137. The molecule has 0 atom stereocenters. The Balaban J connectivity index is 2.67. The fourth-order valence-electron chi connectivity index (χ4n) is 2.48. The molecule has 0 aliphatic rings. The predicted octanol–water partition coefficient (Wildman–Crippen LogP) is 3.61. The summed E-state index contributed by atoms with van der Waals surface area (Å²) >= 11 is 5.95. The lowest BCUT2D eigenvalue weighted by Gasteiger charge is -2.33. The van der Waals surface area contributed by atoms with Crippen LogP contribution in [0, 0.1) is 5.41 Å². The molecular formula is C16H23ClN2O2. The van der Waals surface area contributed by atoms with Gasteiger partial charge in [-0.1, -0.05) is 44.5 Å². The maximum atomic E-state index is 12.0. The van der Waals surface area contributed by atoms with Crippen LogP contribution >= 0.6 is 11.6 Å². The zero-order valence-electron chi connectivity index (χ0n) is 13.2. The Kier molecular flexibility index (Phi) is 5.40. The average molecular weight is 311 g/mol. The molecule has 5 heteroatoms. The molecule has 1 rings (SSSR count). The molecule has 1 aromatic rings.